The summed E-state index contributed by atoms with van der Waals surface area (Å²) in [6.07, 6.45) is 2.03. The van der Waals surface area contributed by atoms with Gasteiger partial charge in [0, 0.05) is 29.9 Å². The van der Waals surface area contributed by atoms with Crippen molar-refractivity contribution in [2.45, 2.75) is 40.3 Å². The Bertz CT molecular complexity index is 587. The molecule has 0 radical (unpaired) electrons. The van der Waals surface area contributed by atoms with E-state index < -0.39 is 0 Å². The molecular formula is C16H22FN3. The highest BCUT2D eigenvalue weighted by Crippen LogP contribution is 2.26. The maximum absolute atomic E-state index is 13.8. The summed E-state index contributed by atoms with van der Waals surface area (Å²) >= 11 is 0. The van der Waals surface area contributed by atoms with Crippen LogP contribution in [0.3, 0.4) is 0 Å². The average molecular weight is 275 g/mol. The van der Waals surface area contributed by atoms with Gasteiger partial charge in [-0.05, 0) is 45.0 Å². The van der Waals surface area contributed by atoms with Crippen LogP contribution in [-0.4, -0.2) is 16.3 Å². The topological polar surface area (TPSA) is 29.9 Å². The SMILES string of the molecule is CCNCc1cc(-c2cn(C(C)C)nc2C)ccc1F. The summed E-state index contributed by atoms with van der Waals surface area (Å²) in [5.74, 6) is -0.163. The van der Waals surface area contributed by atoms with Crippen LogP contribution in [0.4, 0.5) is 4.39 Å². The summed E-state index contributed by atoms with van der Waals surface area (Å²) in [6, 6.07) is 5.59. The van der Waals surface area contributed by atoms with Gasteiger partial charge in [0.1, 0.15) is 5.82 Å². The Morgan fingerprint density at radius 3 is 2.70 bits per heavy atom. The molecule has 0 unspecified atom stereocenters. The van der Waals surface area contributed by atoms with E-state index in [9.17, 15) is 4.39 Å². The summed E-state index contributed by atoms with van der Waals surface area (Å²) in [5.41, 5.74) is 3.75. The van der Waals surface area contributed by atoms with Crippen LogP contribution in [0, 0.1) is 12.7 Å². The van der Waals surface area contributed by atoms with Crippen molar-refractivity contribution >= 4 is 0 Å². The Balaban J connectivity index is 2.37. The summed E-state index contributed by atoms with van der Waals surface area (Å²) in [5, 5.41) is 7.67. The van der Waals surface area contributed by atoms with Crippen molar-refractivity contribution in [3.63, 3.8) is 0 Å². The number of aryl methyl sites for hydroxylation is 1. The minimum atomic E-state index is -0.163. The Kier molecular flexibility index (Phi) is 4.55. The summed E-state index contributed by atoms with van der Waals surface area (Å²) in [7, 11) is 0. The lowest BCUT2D eigenvalue weighted by Crippen LogP contribution is -2.12. The Hall–Kier alpha value is -1.68. The van der Waals surface area contributed by atoms with Gasteiger partial charge < -0.3 is 5.32 Å². The standard InChI is InChI=1S/C16H22FN3/c1-5-18-9-14-8-13(6-7-16(14)17)15-10-20(11(2)3)19-12(15)4/h6-8,10-11,18H,5,9H2,1-4H3. The second-order valence-corrected chi connectivity index (χ2v) is 5.29. The number of nitrogens with zero attached hydrogens (tertiary/aromatic N) is 2. The lowest BCUT2D eigenvalue weighted by atomic mass is 10.0. The molecule has 1 aromatic heterocycles. The second-order valence-electron chi connectivity index (χ2n) is 5.29. The number of benzene rings is 1. The van der Waals surface area contributed by atoms with E-state index in [0.29, 0.717) is 18.2 Å². The molecule has 0 atom stereocenters. The van der Waals surface area contributed by atoms with Crippen LogP contribution in [0.2, 0.25) is 0 Å². The quantitative estimate of drug-likeness (QED) is 0.902. The van der Waals surface area contributed by atoms with Gasteiger partial charge in [0.2, 0.25) is 0 Å². The number of hydrogen-bond acceptors (Lipinski definition) is 2. The normalized spacial score (nSPS) is 11.3. The third-order valence-electron chi connectivity index (χ3n) is 3.37. The highest BCUT2D eigenvalue weighted by molar-refractivity contribution is 5.66. The summed E-state index contributed by atoms with van der Waals surface area (Å²) in [4.78, 5) is 0. The predicted molar refractivity (Wildman–Crippen MR) is 80.1 cm³/mol. The van der Waals surface area contributed by atoms with Crippen LogP contribution < -0.4 is 5.32 Å². The third-order valence-corrected chi connectivity index (χ3v) is 3.37. The first kappa shape index (κ1) is 14.7. The Morgan fingerprint density at radius 2 is 2.10 bits per heavy atom. The molecule has 0 aliphatic carbocycles. The molecule has 0 fully saturated rings. The molecule has 0 saturated heterocycles. The smallest absolute Gasteiger partial charge is 0.127 e. The first-order chi connectivity index (χ1) is 9.52. The molecule has 3 nitrogen and oxygen atoms in total. The molecular weight excluding hydrogens is 253 g/mol. The molecule has 1 heterocycles. The van der Waals surface area contributed by atoms with E-state index in [1.54, 1.807) is 0 Å². The van der Waals surface area contributed by atoms with Crippen molar-refractivity contribution in [3.8, 4) is 11.1 Å². The van der Waals surface area contributed by atoms with E-state index in [1.165, 1.54) is 6.07 Å². The molecule has 1 aromatic carbocycles. The number of nitrogens with one attached hydrogen (secondary N) is 1. The maximum Gasteiger partial charge on any atom is 0.127 e. The second kappa shape index (κ2) is 6.18. The first-order valence-electron chi connectivity index (χ1n) is 7.08. The predicted octanol–water partition coefficient (Wildman–Crippen LogP) is 3.69. The van der Waals surface area contributed by atoms with E-state index >= 15 is 0 Å². The van der Waals surface area contributed by atoms with Gasteiger partial charge in [-0.1, -0.05) is 13.0 Å². The molecule has 0 aliphatic rings. The molecule has 2 aromatic rings. The van der Waals surface area contributed by atoms with Crippen molar-refractivity contribution in [1.82, 2.24) is 15.1 Å². The van der Waals surface area contributed by atoms with Gasteiger partial charge in [0.15, 0.2) is 0 Å². The molecule has 0 aliphatic heterocycles. The van der Waals surface area contributed by atoms with Crippen LogP contribution in [0.1, 0.15) is 38.1 Å². The van der Waals surface area contributed by atoms with Crippen LogP contribution in [0.5, 0.6) is 0 Å². The zero-order valence-corrected chi connectivity index (χ0v) is 12.6. The van der Waals surface area contributed by atoms with E-state index in [4.69, 9.17) is 0 Å². The largest absolute Gasteiger partial charge is 0.313 e. The van der Waals surface area contributed by atoms with Gasteiger partial charge in [-0.2, -0.15) is 5.10 Å². The lowest BCUT2D eigenvalue weighted by molar-refractivity contribution is 0.529. The Labute approximate surface area is 119 Å². The minimum absolute atomic E-state index is 0.163. The maximum atomic E-state index is 13.8. The first-order valence-corrected chi connectivity index (χ1v) is 7.08. The molecule has 0 bridgehead atoms. The summed E-state index contributed by atoms with van der Waals surface area (Å²) in [6.45, 7) is 9.57. The number of rotatable bonds is 5. The van der Waals surface area contributed by atoms with Gasteiger partial charge in [-0.3, -0.25) is 4.68 Å². The molecule has 2 rings (SSSR count). The number of hydrogen-bond donors (Lipinski definition) is 1. The molecule has 0 amide bonds. The van der Waals surface area contributed by atoms with E-state index in [0.717, 1.165) is 23.4 Å². The van der Waals surface area contributed by atoms with Gasteiger partial charge in [-0.15, -0.1) is 0 Å². The van der Waals surface area contributed by atoms with Gasteiger partial charge in [0.25, 0.3) is 0 Å². The monoisotopic (exact) mass is 275 g/mol. The van der Waals surface area contributed by atoms with E-state index in [1.807, 2.05) is 36.9 Å². The molecule has 1 N–H and O–H groups in total. The third kappa shape index (κ3) is 3.07. The zero-order valence-electron chi connectivity index (χ0n) is 12.6. The van der Waals surface area contributed by atoms with Gasteiger partial charge in [0.05, 0.1) is 5.69 Å². The van der Waals surface area contributed by atoms with E-state index in [2.05, 4.69) is 24.3 Å². The molecule has 20 heavy (non-hydrogen) atoms. The van der Waals surface area contributed by atoms with E-state index in [-0.39, 0.29) is 5.82 Å². The van der Waals surface area contributed by atoms with Crippen molar-refractivity contribution in [3.05, 3.63) is 41.5 Å². The summed E-state index contributed by atoms with van der Waals surface area (Å²) < 4.78 is 15.7. The fourth-order valence-corrected chi connectivity index (χ4v) is 2.17. The zero-order chi connectivity index (χ0) is 14.7. The van der Waals surface area contributed by atoms with Crippen LogP contribution in [-0.2, 0) is 6.54 Å². The molecule has 4 heteroatoms. The van der Waals surface area contributed by atoms with Crippen molar-refractivity contribution in [2.75, 3.05) is 6.54 Å². The number of halogens is 1. The van der Waals surface area contributed by atoms with Crippen molar-refractivity contribution < 1.29 is 4.39 Å². The minimum Gasteiger partial charge on any atom is -0.313 e. The lowest BCUT2D eigenvalue weighted by Gasteiger charge is -2.07. The molecule has 0 spiro atoms. The highest BCUT2D eigenvalue weighted by atomic mass is 19.1. The van der Waals surface area contributed by atoms with Crippen LogP contribution in [0.25, 0.3) is 11.1 Å². The van der Waals surface area contributed by atoms with Gasteiger partial charge in [-0.25, -0.2) is 4.39 Å². The number of aromatic nitrogens is 2. The average Bonchev–Trinajstić information content (AvgIpc) is 2.80. The van der Waals surface area contributed by atoms with Crippen molar-refractivity contribution in [1.29, 1.82) is 0 Å². The fourth-order valence-electron chi connectivity index (χ4n) is 2.17. The molecule has 0 saturated carbocycles. The van der Waals surface area contributed by atoms with Crippen LogP contribution in [0.15, 0.2) is 24.4 Å². The van der Waals surface area contributed by atoms with Crippen LogP contribution >= 0.6 is 0 Å². The van der Waals surface area contributed by atoms with Gasteiger partial charge >= 0.3 is 0 Å². The Morgan fingerprint density at radius 1 is 1.35 bits per heavy atom. The van der Waals surface area contributed by atoms with Crippen molar-refractivity contribution in [2.24, 2.45) is 0 Å². The highest BCUT2D eigenvalue weighted by Gasteiger charge is 2.11. The fraction of sp³-hybridized carbons (Fsp3) is 0.438. The molecule has 108 valence electrons.